The molecule has 0 bridgehead atoms. The minimum Gasteiger partial charge on any atom is -0.353 e. The molecule has 2 fully saturated rings. The summed E-state index contributed by atoms with van der Waals surface area (Å²) in [6.45, 7) is 2.87. The number of nitrogens with zero attached hydrogens (tertiary/aromatic N) is 1. The number of hydrogen-bond donors (Lipinski definition) is 1. The number of carbonyl (C=O) groups is 1. The number of hydrogen-bond acceptors (Lipinski definition) is 3. The van der Waals surface area contributed by atoms with Crippen molar-refractivity contribution >= 4 is 15.9 Å². The van der Waals surface area contributed by atoms with E-state index in [1.165, 1.54) is 25.7 Å². The zero-order valence-electron chi connectivity index (χ0n) is 15.6. The average molecular weight is 379 g/mol. The van der Waals surface area contributed by atoms with Crippen molar-refractivity contribution in [2.45, 2.75) is 69.2 Å². The van der Waals surface area contributed by atoms with E-state index in [1.54, 1.807) is 16.4 Å². The molecule has 2 aliphatic rings. The van der Waals surface area contributed by atoms with Gasteiger partial charge in [-0.05, 0) is 44.2 Å². The van der Waals surface area contributed by atoms with Crippen molar-refractivity contribution in [1.82, 2.24) is 9.62 Å². The first kappa shape index (κ1) is 19.4. The molecule has 6 heteroatoms. The van der Waals surface area contributed by atoms with E-state index in [9.17, 15) is 13.2 Å². The zero-order chi connectivity index (χ0) is 18.6. The lowest BCUT2D eigenvalue weighted by atomic mass is 10.0. The topological polar surface area (TPSA) is 66.5 Å². The van der Waals surface area contributed by atoms with E-state index in [1.807, 2.05) is 19.1 Å². The third-order valence-corrected chi connectivity index (χ3v) is 7.65. The first-order valence-corrected chi connectivity index (χ1v) is 11.3. The summed E-state index contributed by atoms with van der Waals surface area (Å²) < 4.78 is 27.0. The first-order chi connectivity index (χ1) is 12.4. The maximum atomic E-state index is 12.7. The maximum Gasteiger partial charge on any atom is 0.243 e. The molecule has 0 radical (unpaired) electrons. The Balaban J connectivity index is 1.46. The summed E-state index contributed by atoms with van der Waals surface area (Å²) in [6.07, 6.45) is 8.10. The molecule has 144 valence electrons. The van der Waals surface area contributed by atoms with Crippen LogP contribution in [0.3, 0.4) is 0 Å². The van der Waals surface area contributed by atoms with Crippen LogP contribution in [0.2, 0.25) is 0 Å². The molecule has 0 atom stereocenters. The van der Waals surface area contributed by atoms with Crippen LogP contribution >= 0.6 is 0 Å². The normalized spacial score (nSPS) is 20.3. The molecular weight excluding hydrogens is 348 g/mol. The predicted molar refractivity (Wildman–Crippen MR) is 102 cm³/mol. The number of aryl methyl sites for hydroxylation is 1. The monoisotopic (exact) mass is 378 g/mol. The number of piperidine rings is 1. The van der Waals surface area contributed by atoms with Crippen molar-refractivity contribution in [3.63, 3.8) is 0 Å². The fourth-order valence-corrected chi connectivity index (χ4v) is 5.50. The summed E-state index contributed by atoms with van der Waals surface area (Å²) in [5.74, 6) is 0.846. The number of amides is 1. The van der Waals surface area contributed by atoms with Gasteiger partial charge in [0.1, 0.15) is 0 Å². The molecule has 0 unspecified atom stereocenters. The van der Waals surface area contributed by atoms with Crippen molar-refractivity contribution < 1.29 is 13.2 Å². The van der Waals surface area contributed by atoms with Crippen LogP contribution in [0, 0.1) is 12.8 Å². The summed E-state index contributed by atoms with van der Waals surface area (Å²) in [5, 5.41) is 3.10. The molecule has 1 aromatic rings. The van der Waals surface area contributed by atoms with Gasteiger partial charge in [0.2, 0.25) is 15.9 Å². The fraction of sp³-hybridized carbons (Fsp3) is 0.650. The Bertz CT molecular complexity index is 701. The Hall–Kier alpha value is -1.40. The lowest BCUT2D eigenvalue weighted by Gasteiger charge is -2.31. The van der Waals surface area contributed by atoms with Crippen LogP contribution in [0.15, 0.2) is 29.2 Å². The van der Waals surface area contributed by atoms with Crippen LogP contribution in [-0.2, 0) is 14.8 Å². The Labute approximate surface area is 157 Å². The van der Waals surface area contributed by atoms with Crippen molar-refractivity contribution in [3.05, 3.63) is 29.8 Å². The van der Waals surface area contributed by atoms with Gasteiger partial charge >= 0.3 is 0 Å². The maximum absolute atomic E-state index is 12.7. The van der Waals surface area contributed by atoms with Gasteiger partial charge in [0.25, 0.3) is 0 Å². The van der Waals surface area contributed by atoms with Gasteiger partial charge < -0.3 is 5.32 Å². The molecule has 1 N–H and O–H groups in total. The SMILES string of the molecule is Cc1ccc(S(=O)(=O)N2CCC(NC(=O)CCC3CCCC3)CC2)cc1. The number of nitrogens with one attached hydrogen (secondary N) is 1. The van der Waals surface area contributed by atoms with Gasteiger partial charge in [0, 0.05) is 25.6 Å². The molecule has 26 heavy (non-hydrogen) atoms. The average Bonchev–Trinajstić information content (AvgIpc) is 3.14. The lowest BCUT2D eigenvalue weighted by molar-refractivity contribution is -0.122. The molecule has 1 amide bonds. The number of benzene rings is 1. The third kappa shape index (κ3) is 4.86. The van der Waals surface area contributed by atoms with E-state index < -0.39 is 10.0 Å². The summed E-state index contributed by atoms with van der Waals surface area (Å²) >= 11 is 0. The van der Waals surface area contributed by atoms with Crippen LogP contribution in [0.1, 0.15) is 56.9 Å². The highest BCUT2D eigenvalue weighted by Gasteiger charge is 2.30. The minimum atomic E-state index is -3.43. The van der Waals surface area contributed by atoms with Crippen LogP contribution < -0.4 is 5.32 Å². The van der Waals surface area contributed by atoms with Crippen LogP contribution in [0.25, 0.3) is 0 Å². The first-order valence-electron chi connectivity index (χ1n) is 9.81. The van der Waals surface area contributed by atoms with Crippen molar-refractivity contribution in [3.8, 4) is 0 Å². The number of rotatable bonds is 6. The largest absolute Gasteiger partial charge is 0.353 e. The Morgan fingerprint density at radius 3 is 2.31 bits per heavy atom. The Kier molecular flexibility index (Phi) is 6.35. The molecule has 1 aromatic carbocycles. The lowest BCUT2D eigenvalue weighted by Crippen LogP contribution is -2.46. The molecule has 0 spiro atoms. The van der Waals surface area contributed by atoms with E-state index in [-0.39, 0.29) is 11.9 Å². The number of sulfonamides is 1. The second-order valence-corrected chi connectivity index (χ2v) is 9.69. The minimum absolute atomic E-state index is 0.0931. The number of carbonyl (C=O) groups excluding carboxylic acids is 1. The zero-order valence-corrected chi connectivity index (χ0v) is 16.4. The quantitative estimate of drug-likeness (QED) is 0.826. The second kappa shape index (κ2) is 8.53. The van der Waals surface area contributed by atoms with E-state index in [0.717, 1.165) is 17.9 Å². The highest BCUT2D eigenvalue weighted by atomic mass is 32.2. The van der Waals surface area contributed by atoms with Crippen LogP contribution in [0.4, 0.5) is 0 Å². The molecule has 1 heterocycles. The summed E-state index contributed by atoms with van der Waals surface area (Å²) in [7, 11) is -3.43. The Morgan fingerprint density at radius 2 is 1.69 bits per heavy atom. The van der Waals surface area contributed by atoms with E-state index >= 15 is 0 Å². The standard InChI is InChI=1S/C20H30N2O3S/c1-16-6-9-19(10-7-16)26(24,25)22-14-12-18(13-15-22)21-20(23)11-8-17-4-2-3-5-17/h6-7,9-10,17-18H,2-5,8,11-15H2,1H3,(H,21,23). The van der Waals surface area contributed by atoms with Crippen molar-refractivity contribution in [1.29, 1.82) is 0 Å². The van der Waals surface area contributed by atoms with Gasteiger partial charge in [-0.3, -0.25) is 4.79 Å². The van der Waals surface area contributed by atoms with Crippen molar-refractivity contribution in [2.24, 2.45) is 5.92 Å². The molecule has 1 saturated heterocycles. The van der Waals surface area contributed by atoms with Gasteiger partial charge in [-0.25, -0.2) is 8.42 Å². The fourth-order valence-electron chi connectivity index (χ4n) is 4.03. The Morgan fingerprint density at radius 1 is 1.08 bits per heavy atom. The molecule has 1 saturated carbocycles. The van der Waals surface area contributed by atoms with Crippen molar-refractivity contribution in [2.75, 3.05) is 13.1 Å². The predicted octanol–water partition coefficient (Wildman–Crippen LogP) is 3.23. The van der Waals surface area contributed by atoms with Crippen LogP contribution in [-0.4, -0.2) is 37.8 Å². The molecular formula is C20H30N2O3S. The highest BCUT2D eigenvalue weighted by molar-refractivity contribution is 7.89. The summed E-state index contributed by atoms with van der Waals surface area (Å²) in [5.41, 5.74) is 1.04. The molecule has 3 rings (SSSR count). The highest BCUT2D eigenvalue weighted by Crippen LogP contribution is 2.28. The van der Waals surface area contributed by atoms with E-state index in [0.29, 0.717) is 37.2 Å². The third-order valence-electron chi connectivity index (χ3n) is 5.73. The van der Waals surface area contributed by atoms with Gasteiger partial charge in [0.05, 0.1) is 4.90 Å². The van der Waals surface area contributed by atoms with E-state index in [2.05, 4.69) is 5.32 Å². The summed E-state index contributed by atoms with van der Waals surface area (Å²) in [6, 6.07) is 7.08. The van der Waals surface area contributed by atoms with Gasteiger partial charge in [-0.1, -0.05) is 43.4 Å². The summed E-state index contributed by atoms with van der Waals surface area (Å²) in [4.78, 5) is 12.5. The molecule has 1 aliphatic carbocycles. The van der Waals surface area contributed by atoms with Crippen LogP contribution in [0.5, 0.6) is 0 Å². The molecule has 0 aromatic heterocycles. The smallest absolute Gasteiger partial charge is 0.243 e. The second-order valence-electron chi connectivity index (χ2n) is 7.75. The molecule has 5 nitrogen and oxygen atoms in total. The van der Waals surface area contributed by atoms with Gasteiger partial charge in [0.15, 0.2) is 0 Å². The van der Waals surface area contributed by atoms with Gasteiger partial charge in [-0.15, -0.1) is 0 Å². The molecule has 1 aliphatic heterocycles. The van der Waals surface area contributed by atoms with E-state index in [4.69, 9.17) is 0 Å². The van der Waals surface area contributed by atoms with Gasteiger partial charge in [-0.2, -0.15) is 4.31 Å².